The van der Waals surface area contributed by atoms with Gasteiger partial charge in [-0.05, 0) is 19.1 Å². The Kier molecular flexibility index (Phi) is 6.13. The summed E-state index contributed by atoms with van der Waals surface area (Å²) in [4.78, 5) is 12.7. The van der Waals surface area contributed by atoms with Gasteiger partial charge in [0.1, 0.15) is 11.5 Å². The van der Waals surface area contributed by atoms with E-state index in [1.807, 2.05) is 41.8 Å². The van der Waals surface area contributed by atoms with Crippen LogP contribution in [0.5, 0.6) is 11.5 Å². The summed E-state index contributed by atoms with van der Waals surface area (Å²) < 4.78 is 12.5. The number of carbonyl (C=O) groups excluding carboxylic acids is 1. The number of Topliss-reactive ketones (excluding diaryl/α,β-unsaturated/α-hetero) is 1. The van der Waals surface area contributed by atoms with Gasteiger partial charge in [-0.3, -0.25) is 4.79 Å². The maximum Gasteiger partial charge on any atom is 0.191 e. The molecule has 0 spiro atoms. The molecule has 140 valence electrons. The quantitative estimate of drug-likeness (QED) is 0.433. The van der Waals surface area contributed by atoms with Gasteiger partial charge in [-0.2, -0.15) is 0 Å². The molecule has 1 aromatic heterocycles. The Hall–Kier alpha value is -2.80. The van der Waals surface area contributed by atoms with Crippen LogP contribution in [0.25, 0.3) is 11.4 Å². The molecule has 3 aromatic rings. The second-order valence-corrected chi connectivity index (χ2v) is 6.64. The first-order valence-corrected chi connectivity index (χ1v) is 9.53. The van der Waals surface area contributed by atoms with Crippen LogP contribution < -0.4 is 9.47 Å². The fourth-order valence-electron chi connectivity index (χ4n) is 2.72. The van der Waals surface area contributed by atoms with Gasteiger partial charge in [0.2, 0.25) is 0 Å². The summed E-state index contributed by atoms with van der Waals surface area (Å²) in [6.45, 7) is 2.76. The molecular weight excluding hydrogens is 362 g/mol. The average molecular weight is 383 g/mol. The van der Waals surface area contributed by atoms with Crippen LogP contribution in [-0.4, -0.2) is 40.5 Å². The average Bonchev–Trinajstić information content (AvgIpc) is 3.15. The van der Waals surface area contributed by atoms with E-state index in [0.717, 1.165) is 23.1 Å². The predicted octanol–water partition coefficient (Wildman–Crippen LogP) is 3.96. The van der Waals surface area contributed by atoms with Gasteiger partial charge in [0.15, 0.2) is 16.8 Å². The van der Waals surface area contributed by atoms with Gasteiger partial charge >= 0.3 is 0 Å². The molecule has 6 nitrogen and oxygen atoms in total. The highest BCUT2D eigenvalue weighted by atomic mass is 32.2. The second-order valence-electron chi connectivity index (χ2n) is 5.69. The van der Waals surface area contributed by atoms with Gasteiger partial charge in [0, 0.05) is 18.2 Å². The number of benzene rings is 2. The lowest BCUT2D eigenvalue weighted by Gasteiger charge is -2.10. The minimum absolute atomic E-state index is 0.0357. The fraction of sp³-hybridized carbons (Fsp3) is 0.250. The van der Waals surface area contributed by atoms with Crippen LogP contribution in [-0.2, 0) is 6.54 Å². The first-order chi connectivity index (χ1) is 13.2. The molecule has 0 unspecified atom stereocenters. The predicted molar refractivity (Wildman–Crippen MR) is 106 cm³/mol. The first kappa shape index (κ1) is 19.0. The minimum Gasteiger partial charge on any atom is -0.497 e. The van der Waals surface area contributed by atoms with Crippen molar-refractivity contribution in [1.82, 2.24) is 14.8 Å². The molecule has 1 heterocycles. The molecule has 3 rings (SSSR count). The molecule has 0 aliphatic carbocycles. The van der Waals surface area contributed by atoms with E-state index < -0.39 is 0 Å². The van der Waals surface area contributed by atoms with Crippen LogP contribution in [0.4, 0.5) is 0 Å². The van der Waals surface area contributed by atoms with E-state index in [4.69, 9.17) is 9.47 Å². The zero-order valence-corrected chi connectivity index (χ0v) is 16.3. The fourth-order valence-corrected chi connectivity index (χ4v) is 3.60. The molecule has 0 aliphatic rings. The Labute approximate surface area is 162 Å². The third-order valence-electron chi connectivity index (χ3n) is 4.11. The highest BCUT2D eigenvalue weighted by molar-refractivity contribution is 7.99. The topological polar surface area (TPSA) is 66.2 Å². The Morgan fingerprint density at radius 2 is 1.85 bits per heavy atom. The number of carbonyl (C=O) groups is 1. The highest BCUT2D eigenvalue weighted by Crippen LogP contribution is 2.28. The maximum atomic E-state index is 12.7. The van der Waals surface area contributed by atoms with Gasteiger partial charge in [-0.1, -0.05) is 42.1 Å². The molecule has 0 radical (unpaired) electrons. The van der Waals surface area contributed by atoms with Crippen LogP contribution in [0.3, 0.4) is 0 Å². The van der Waals surface area contributed by atoms with Crippen molar-refractivity contribution in [2.75, 3.05) is 20.0 Å². The summed E-state index contributed by atoms with van der Waals surface area (Å²) in [5.74, 6) is 2.16. The van der Waals surface area contributed by atoms with Crippen molar-refractivity contribution in [3.05, 3.63) is 54.1 Å². The Balaban J connectivity index is 1.77. The van der Waals surface area contributed by atoms with Crippen LogP contribution >= 0.6 is 11.8 Å². The van der Waals surface area contributed by atoms with Gasteiger partial charge in [-0.15, -0.1) is 10.2 Å². The number of methoxy groups -OCH3 is 2. The van der Waals surface area contributed by atoms with E-state index >= 15 is 0 Å². The first-order valence-electron chi connectivity index (χ1n) is 8.54. The summed E-state index contributed by atoms with van der Waals surface area (Å²) in [6, 6.07) is 15.1. The monoisotopic (exact) mass is 383 g/mol. The molecule has 2 aromatic carbocycles. The van der Waals surface area contributed by atoms with Crippen LogP contribution in [0, 0.1) is 0 Å². The standard InChI is InChI=1S/C20H21N3O3S/c1-4-23-19(14-8-6-5-7-9-14)21-22-20(23)27-13-17(24)16-11-10-15(25-2)12-18(16)26-3/h5-12H,4,13H2,1-3H3. The lowest BCUT2D eigenvalue weighted by molar-refractivity contribution is 0.101. The second kappa shape index (κ2) is 8.73. The maximum absolute atomic E-state index is 12.7. The number of hydrogen-bond donors (Lipinski definition) is 0. The SMILES string of the molecule is CCn1c(SCC(=O)c2ccc(OC)cc2OC)nnc1-c1ccccc1. The van der Waals surface area contributed by atoms with Crippen molar-refractivity contribution < 1.29 is 14.3 Å². The number of ketones is 1. The van der Waals surface area contributed by atoms with Crippen molar-refractivity contribution in [2.24, 2.45) is 0 Å². The van der Waals surface area contributed by atoms with E-state index in [0.29, 0.717) is 17.1 Å². The number of thioether (sulfide) groups is 1. The van der Waals surface area contributed by atoms with Crippen molar-refractivity contribution in [3.63, 3.8) is 0 Å². The Bertz CT molecular complexity index is 925. The molecule has 7 heteroatoms. The third kappa shape index (κ3) is 4.14. The Morgan fingerprint density at radius 3 is 2.52 bits per heavy atom. The zero-order valence-electron chi connectivity index (χ0n) is 15.5. The molecule has 0 fully saturated rings. The van der Waals surface area contributed by atoms with Crippen LogP contribution in [0.15, 0.2) is 53.7 Å². The molecule has 27 heavy (non-hydrogen) atoms. The molecule has 0 bridgehead atoms. The van der Waals surface area contributed by atoms with Crippen molar-refractivity contribution in [2.45, 2.75) is 18.6 Å². The summed E-state index contributed by atoms with van der Waals surface area (Å²) >= 11 is 1.37. The minimum atomic E-state index is -0.0357. The number of ether oxygens (including phenoxy) is 2. The number of hydrogen-bond acceptors (Lipinski definition) is 6. The lowest BCUT2D eigenvalue weighted by atomic mass is 10.1. The van der Waals surface area contributed by atoms with Crippen molar-refractivity contribution >= 4 is 17.5 Å². The normalized spacial score (nSPS) is 10.6. The van der Waals surface area contributed by atoms with E-state index in [1.54, 1.807) is 32.4 Å². The Morgan fingerprint density at radius 1 is 1.07 bits per heavy atom. The van der Waals surface area contributed by atoms with Gasteiger partial charge in [-0.25, -0.2) is 0 Å². The van der Waals surface area contributed by atoms with Gasteiger partial charge in [0.25, 0.3) is 0 Å². The van der Waals surface area contributed by atoms with E-state index in [2.05, 4.69) is 10.2 Å². The van der Waals surface area contributed by atoms with Crippen molar-refractivity contribution in [1.29, 1.82) is 0 Å². The molecule has 0 N–H and O–H groups in total. The molecule has 0 saturated carbocycles. The largest absolute Gasteiger partial charge is 0.497 e. The van der Waals surface area contributed by atoms with E-state index in [1.165, 1.54) is 11.8 Å². The molecular formula is C20H21N3O3S. The lowest BCUT2D eigenvalue weighted by Crippen LogP contribution is -2.07. The molecule has 0 aliphatic heterocycles. The molecule has 0 saturated heterocycles. The highest BCUT2D eigenvalue weighted by Gasteiger charge is 2.17. The van der Waals surface area contributed by atoms with E-state index in [9.17, 15) is 4.79 Å². The van der Waals surface area contributed by atoms with Gasteiger partial charge < -0.3 is 14.0 Å². The number of nitrogens with zero attached hydrogens (tertiary/aromatic N) is 3. The van der Waals surface area contributed by atoms with Crippen molar-refractivity contribution in [3.8, 4) is 22.9 Å². The summed E-state index contributed by atoms with van der Waals surface area (Å²) in [5, 5.41) is 9.29. The smallest absolute Gasteiger partial charge is 0.191 e. The van der Waals surface area contributed by atoms with E-state index in [-0.39, 0.29) is 11.5 Å². The van der Waals surface area contributed by atoms with Gasteiger partial charge in [0.05, 0.1) is 25.5 Å². The summed E-state index contributed by atoms with van der Waals surface area (Å²) in [7, 11) is 3.12. The molecule has 0 atom stereocenters. The van der Waals surface area contributed by atoms with Crippen LogP contribution in [0.2, 0.25) is 0 Å². The van der Waals surface area contributed by atoms with Crippen LogP contribution in [0.1, 0.15) is 17.3 Å². The summed E-state index contributed by atoms with van der Waals surface area (Å²) in [5.41, 5.74) is 1.53. The number of rotatable bonds is 8. The third-order valence-corrected chi connectivity index (χ3v) is 5.07. The zero-order chi connectivity index (χ0) is 19.2. The number of aromatic nitrogens is 3. The molecule has 0 amide bonds. The summed E-state index contributed by atoms with van der Waals surface area (Å²) in [6.07, 6.45) is 0.